The molecule has 3 aromatic rings. The van der Waals surface area contributed by atoms with E-state index in [4.69, 9.17) is 19.3 Å². The van der Waals surface area contributed by atoms with Crippen molar-refractivity contribution in [3.8, 4) is 11.4 Å². The third-order valence-corrected chi connectivity index (χ3v) is 5.70. The number of hydrogen-bond acceptors (Lipinski definition) is 8. The molecule has 1 unspecified atom stereocenters. The van der Waals surface area contributed by atoms with E-state index in [0.29, 0.717) is 48.5 Å². The number of ether oxygens (including phenoxy) is 2. The SMILES string of the molecule is CNCCO/N=C/c1c2c(nc3ccccc13)-c1cc(C(C=O)OC)c(COC)c(=O)n1C2. The monoisotopic (exact) mass is 450 g/mol. The fourth-order valence-corrected chi connectivity index (χ4v) is 4.11. The number of carbonyl (C=O) groups is 1. The van der Waals surface area contributed by atoms with Crippen LogP contribution in [-0.4, -0.2) is 56.5 Å². The van der Waals surface area contributed by atoms with E-state index >= 15 is 0 Å². The van der Waals surface area contributed by atoms with Crippen molar-refractivity contribution in [2.24, 2.45) is 5.16 Å². The summed E-state index contributed by atoms with van der Waals surface area (Å²) in [6.45, 7) is 1.51. The van der Waals surface area contributed by atoms with E-state index in [9.17, 15) is 9.59 Å². The van der Waals surface area contributed by atoms with Crippen LogP contribution in [0.2, 0.25) is 0 Å². The molecule has 1 N–H and O–H groups in total. The summed E-state index contributed by atoms with van der Waals surface area (Å²) in [7, 11) is 4.79. The number of carbonyl (C=O) groups excluding carboxylic acids is 1. The molecule has 0 saturated heterocycles. The largest absolute Gasteiger partial charge is 0.394 e. The Morgan fingerprint density at radius 3 is 2.85 bits per heavy atom. The lowest BCUT2D eigenvalue weighted by Gasteiger charge is -2.16. The second kappa shape index (κ2) is 10.0. The van der Waals surface area contributed by atoms with Gasteiger partial charge in [0.05, 0.1) is 36.3 Å². The molecule has 0 spiro atoms. The fraction of sp³-hybridized carbons (Fsp3) is 0.333. The van der Waals surface area contributed by atoms with Gasteiger partial charge in [-0.3, -0.25) is 4.79 Å². The summed E-state index contributed by atoms with van der Waals surface area (Å²) in [6, 6.07) is 9.54. The molecule has 0 amide bonds. The molecule has 1 aliphatic heterocycles. The van der Waals surface area contributed by atoms with Gasteiger partial charge in [0.15, 0.2) is 6.29 Å². The van der Waals surface area contributed by atoms with Crippen LogP contribution in [0.1, 0.15) is 28.4 Å². The molecule has 9 heteroatoms. The maximum Gasteiger partial charge on any atom is 0.257 e. The highest BCUT2D eigenvalue weighted by molar-refractivity contribution is 6.02. The van der Waals surface area contributed by atoms with Crippen LogP contribution >= 0.6 is 0 Å². The lowest BCUT2D eigenvalue weighted by molar-refractivity contribution is -0.116. The van der Waals surface area contributed by atoms with Crippen LogP contribution in [0.5, 0.6) is 0 Å². The third kappa shape index (κ3) is 4.18. The van der Waals surface area contributed by atoms with Crippen LogP contribution in [0.4, 0.5) is 0 Å². The quantitative estimate of drug-likeness (QED) is 0.171. The lowest BCUT2D eigenvalue weighted by atomic mass is 10.00. The Kier molecular flexibility index (Phi) is 6.93. The first-order chi connectivity index (χ1) is 16.1. The molecule has 3 heterocycles. The number of fused-ring (bicyclic) bond motifs is 4. The normalized spacial score (nSPS) is 13.3. The summed E-state index contributed by atoms with van der Waals surface area (Å²) in [5.41, 5.74) is 4.43. The van der Waals surface area contributed by atoms with Crippen molar-refractivity contribution >= 4 is 23.4 Å². The minimum absolute atomic E-state index is 0.0709. The highest BCUT2D eigenvalue weighted by Crippen LogP contribution is 2.36. The number of nitrogens with zero attached hydrogens (tertiary/aromatic N) is 3. The molecule has 172 valence electrons. The summed E-state index contributed by atoms with van der Waals surface area (Å²) in [6.07, 6.45) is 1.48. The maximum absolute atomic E-state index is 13.4. The van der Waals surface area contributed by atoms with E-state index in [1.807, 2.05) is 31.3 Å². The number of oxime groups is 1. The number of methoxy groups -OCH3 is 2. The number of hydrogen-bond donors (Lipinski definition) is 1. The van der Waals surface area contributed by atoms with Gasteiger partial charge in [0.1, 0.15) is 12.7 Å². The summed E-state index contributed by atoms with van der Waals surface area (Å²) in [4.78, 5) is 35.3. The minimum atomic E-state index is -0.875. The molecule has 9 nitrogen and oxygen atoms in total. The maximum atomic E-state index is 13.4. The van der Waals surface area contributed by atoms with Gasteiger partial charge >= 0.3 is 0 Å². The highest BCUT2D eigenvalue weighted by atomic mass is 16.6. The zero-order valence-electron chi connectivity index (χ0n) is 18.8. The van der Waals surface area contributed by atoms with Gasteiger partial charge in [-0.15, -0.1) is 0 Å². The topological polar surface area (TPSA) is 104 Å². The summed E-state index contributed by atoms with van der Waals surface area (Å²) < 4.78 is 12.2. The van der Waals surface area contributed by atoms with Crippen molar-refractivity contribution in [3.63, 3.8) is 0 Å². The van der Waals surface area contributed by atoms with E-state index in [2.05, 4.69) is 10.5 Å². The third-order valence-electron chi connectivity index (χ3n) is 5.70. The molecule has 4 rings (SSSR count). The van der Waals surface area contributed by atoms with Crippen LogP contribution in [0.25, 0.3) is 22.3 Å². The van der Waals surface area contributed by atoms with Crippen molar-refractivity contribution in [2.75, 3.05) is 34.4 Å². The first-order valence-corrected chi connectivity index (χ1v) is 10.6. The van der Waals surface area contributed by atoms with Crippen LogP contribution < -0.4 is 10.9 Å². The van der Waals surface area contributed by atoms with E-state index in [1.54, 1.807) is 16.8 Å². The molecule has 0 fully saturated rings. The smallest absolute Gasteiger partial charge is 0.257 e. The number of aldehydes is 1. The molecular weight excluding hydrogens is 424 g/mol. The molecule has 2 aromatic heterocycles. The van der Waals surface area contributed by atoms with Gasteiger partial charge in [-0.1, -0.05) is 23.4 Å². The number of nitrogens with one attached hydrogen (secondary N) is 1. The van der Waals surface area contributed by atoms with Crippen molar-refractivity contribution in [2.45, 2.75) is 19.3 Å². The Morgan fingerprint density at radius 2 is 2.12 bits per heavy atom. The number of likely N-dealkylation sites (N-methyl/N-ethyl adjacent to an activating group) is 1. The summed E-state index contributed by atoms with van der Waals surface area (Å²) in [5.74, 6) is 0. The molecule has 33 heavy (non-hydrogen) atoms. The lowest BCUT2D eigenvalue weighted by Crippen LogP contribution is -2.27. The molecule has 1 atom stereocenters. The van der Waals surface area contributed by atoms with Gasteiger partial charge < -0.3 is 29.0 Å². The number of aromatic nitrogens is 2. The molecule has 1 aromatic carbocycles. The van der Waals surface area contributed by atoms with Crippen LogP contribution in [-0.2, 0) is 32.3 Å². The first-order valence-electron chi connectivity index (χ1n) is 10.6. The Balaban J connectivity index is 1.91. The van der Waals surface area contributed by atoms with Crippen molar-refractivity contribution in [1.82, 2.24) is 14.9 Å². The molecule has 0 radical (unpaired) electrons. The second-order valence-corrected chi connectivity index (χ2v) is 7.62. The van der Waals surface area contributed by atoms with Gasteiger partial charge in [0.25, 0.3) is 5.56 Å². The van der Waals surface area contributed by atoms with Crippen molar-refractivity contribution in [1.29, 1.82) is 0 Å². The summed E-state index contributed by atoms with van der Waals surface area (Å²) >= 11 is 0. The first kappa shape index (κ1) is 22.8. The summed E-state index contributed by atoms with van der Waals surface area (Å²) in [5, 5.41) is 8.06. The fourth-order valence-electron chi connectivity index (χ4n) is 4.11. The zero-order chi connectivity index (χ0) is 23.4. The van der Waals surface area contributed by atoms with E-state index < -0.39 is 6.10 Å². The average Bonchev–Trinajstić information content (AvgIpc) is 3.20. The molecule has 1 aliphatic rings. The number of rotatable bonds is 10. The van der Waals surface area contributed by atoms with E-state index in [-0.39, 0.29) is 12.2 Å². The van der Waals surface area contributed by atoms with Gasteiger partial charge in [0, 0.05) is 48.4 Å². The van der Waals surface area contributed by atoms with Gasteiger partial charge in [-0.25, -0.2) is 4.98 Å². The number of benzene rings is 1. The van der Waals surface area contributed by atoms with Crippen LogP contribution in [0, 0.1) is 0 Å². The number of para-hydroxylation sites is 1. The zero-order valence-corrected chi connectivity index (χ0v) is 18.8. The van der Waals surface area contributed by atoms with Crippen LogP contribution in [0.3, 0.4) is 0 Å². The predicted molar refractivity (Wildman–Crippen MR) is 125 cm³/mol. The van der Waals surface area contributed by atoms with Gasteiger partial charge in [-0.2, -0.15) is 0 Å². The Morgan fingerprint density at radius 1 is 1.30 bits per heavy atom. The Bertz CT molecular complexity index is 1270. The number of pyridine rings is 2. The molecule has 0 bridgehead atoms. The average molecular weight is 450 g/mol. The highest BCUT2D eigenvalue weighted by Gasteiger charge is 2.29. The van der Waals surface area contributed by atoms with E-state index in [0.717, 1.165) is 22.0 Å². The van der Waals surface area contributed by atoms with E-state index in [1.165, 1.54) is 14.2 Å². The molecular formula is C24H26N4O5. The van der Waals surface area contributed by atoms with Crippen molar-refractivity contribution < 1.29 is 19.1 Å². The van der Waals surface area contributed by atoms with Gasteiger partial charge in [-0.05, 0) is 19.2 Å². The molecule has 0 aliphatic carbocycles. The predicted octanol–water partition coefficient (Wildman–Crippen LogP) is 2.03. The molecule has 0 saturated carbocycles. The standard InChI is InChI=1S/C24H26N4O5/c1-25-8-9-33-26-11-17-15-6-4-5-7-20(15)27-23-18(17)12-28-21(23)10-16(22(13-29)32-3)19(14-31-2)24(28)30/h4-7,10-11,13,22,25H,8-9,12,14H2,1-3H3/b26-11+. The van der Waals surface area contributed by atoms with Crippen molar-refractivity contribution in [3.05, 3.63) is 62.9 Å². The Labute approximate surface area is 191 Å². The minimum Gasteiger partial charge on any atom is -0.394 e. The van der Waals surface area contributed by atoms with Gasteiger partial charge in [0.2, 0.25) is 0 Å². The van der Waals surface area contributed by atoms with Crippen LogP contribution in [0.15, 0.2) is 40.3 Å². The second-order valence-electron chi connectivity index (χ2n) is 7.62. The Hall–Kier alpha value is -3.40.